The van der Waals surface area contributed by atoms with Gasteiger partial charge in [-0.1, -0.05) is 0 Å². The van der Waals surface area contributed by atoms with E-state index in [0.29, 0.717) is 18.9 Å². The largest absolute Gasteiger partial charge is 0.416 e. The molecule has 0 radical (unpaired) electrons. The van der Waals surface area contributed by atoms with E-state index in [-0.39, 0.29) is 18.0 Å². The molecule has 168 valence electrons. The molecule has 2 aliphatic heterocycles. The Morgan fingerprint density at radius 3 is 1.71 bits per heavy atom. The maximum absolute atomic E-state index is 12.8. The van der Waals surface area contributed by atoms with E-state index < -0.39 is 21.8 Å². The third kappa shape index (κ3) is 4.77. The average molecular weight is 456 g/mol. The van der Waals surface area contributed by atoms with Crippen LogP contribution < -0.4 is 9.80 Å². The Morgan fingerprint density at radius 1 is 0.710 bits per heavy atom. The van der Waals surface area contributed by atoms with Crippen molar-refractivity contribution >= 4 is 21.7 Å². The van der Waals surface area contributed by atoms with Gasteiger partial charge >= 0.3 is 6.18 Å². The fraction of sp³-hybridized carbons (Fsp3) is 0.500. The van der Waals surface area contributed by atoms with E-state index in [1.54, 1.807) is 0 Å². The molecule has 0 saturated carbocycles. The molecule has 2 aliphatic rings. The molecule has 2 aromatic rings. The summed E-state index contributed by atoms with van der Waals surface area (Å²) in [5.74, 6) is 1.54. The van der Waals surface area contributed by atoms with Gasteiger partial charge in [0.05, 0.1) is 10.5 Å². The van der Waals surface area contributed by atoms with Crippen molar-refractivity contribution in [3.63, 3.8) is 0 Å². The maximum atomic E-state index is 12.8. The Kier molecular flexibility index (Phi) is 6.07. The number of nitrogens with zero attached hydrogens (tertiary/aromatic N) is 5. The minimum absolute atomic E-state index is 0.139. The second-order valence-corrected chi connectivity index (χ2v) is 9.65. The van der Waals surface area contributed by atoms with Crippen LogP contribution in [0.5, 0.6) is 0 Å². The first kappa shape index (κ1) is 21.8. The van der Waals surface area contributed by atoms with E-state index in [4.69, 9.17) is 0 Å². The highest BCUT2D eigenvalue weighted by atomic mass is 32.2. The molecule has 0 amide bonds. The summed E-state index contributed by atoms with van der Waals surface area (Å²) in [7, 11) is -3.85. The third-order valence-corrected chi connectivity index (χ3v) is 7.61. The van der Waals surface area contributed by atoms with Gasteiger partial charge in [-0.15, -0.1) is 10.2 Å². The molecule has 0 spiro atoms. The molecule has 4 rings (SSSR count). The fourth-order valence-electron chi connectivity index (χ4n) is 3.90. The molecule has 2 fully saturated rings. The van der Waals surface area contributed by atoms with E-state index in [2.05, 4.69) is 15.1 Å². The minimum atomic E-state index is -4.50. The monoisotopic (exact) mass is 455 g/mol. The summed E-state index contributed by atoms with van der Waals surface area (Å²) >= 11 is 0. The number of benzene rings is 1. The number of piperidine rings is 1. The van der Waals surface area contributed by atoms with Crippen LogP contribution in [0.4, 0.5) is 24.8 Å². The molecule has 11 heteroatoms. The van der Waals surface area contributed by atoms with Crippen molar-refractivity contribution in [1.29, 1.82) is 0 Å². The Labute approximate surface area is 179 Å². The summed E-state index contributed by atoms with van der Waals surface area (Å²) in [5.41, 5.74) is -0.872. The van der Waals surface area contributed by atoms with Crippen molar-refractivity contribution in [2.45, 2.75) is 30.3 Å². The predicted octanol–water partition coefficient (Wildman–Crippen LogP) is 3.00. The van der Waals surface area contributed by atoms with Gasteiger partial charge in [-0.3, -0.25) is 0 Å². The molecule has 3 heterocycles. The Balaban J connectivity index is 1.38. The highest BCUT2D eigenvalue weighted by Gasteiger charge is 2.32. The van der Waals surface area contributed by atoms with E-state index in [0.717, 1.165) is 56.0 Å². The molecule has 7 nitrogen and oxygen atoms in total. The molecule has 1 aromatic carbocycles. The van der Waals surface area contributed by atoms with Crippen LogP contribution in [0.2, 0.25) is 0 Å². The summed E-state index contributed by atoms with van der Waals surface area (Å²) < 4.78 is 65.1. The van der Waals surface area contributed by atoms with Gasteiger partial charge in [-0.2, -0.15) is 17.5 Å². The lowest BCUT2D eigenvalue weighted by molar-refractivity contribution is -0.137. The summed E-state index contributed by atoms with van der Waals surface area (Å²) in [4.78, 5) is 4.04. The van der Waals surface area contributed by atoms with Crippen LogP contribution in [-0.2, 0) is 16.2 Å². The first-order chi connectivity index (χ1) is 14.7. The van der Waals surface area contributed by atoms with Crippen molar-refractivity contribution in [1.82, 2.24) is 14.5 Å². The number of piperazine rings is 1. The Hall–Kier alpha value is -2.40. The molecular formula is C20H24F3N5O2S. The molecule has 0 N–H and O–H groups in total. The summed E-state index contributed by atoms with van der Waals surface area (Å²) in [6.07, 6.45) is -0.961. The number of halogens is 3. The lowest BCUT2D eigenvalue weighted by atomic mass is 10.1. The fourth-order valence-corrected chi connectivity index (χ4v) is 5.32. The van der Waals surface area contributed by atoms with Gasteiger partial charge in [-0.25, -0.2) is 8.42 Å². The third-order valence-electron chi connectivity index (χ3n) is 5.70. The van der Waals surface area contributed by atoms with E-state index in [1.807, 2.05) is 17.0 Å². The van der Waals surface area contributed by atoms with Gasteiger partial charge in [0.2, 0.25) is 10.0 Å². The normalized spacial score (nSPS) is 18.9. The predicted molar refractivity (Wildman–Crippen MR) is 111 cm³/mol. The SMILES string of the molecule is O=S(=O)(c1ccc(C(F)(F)F)cc1)N1CCN(c2ccc(N3CCCCC3)nn2)CC1. The zero-order valence-electron chi connectivity index (χ0n) is 16.9. The van der Waals surface area contributed by atoms with Gasteiger partial charge < -0.3 is 9.80 Å². The Bertz CT molecular complexity index is 983. The van der Waals surface area contributed by atoms with E-state index in [9.17, 15) is 21.6 Å². The smallest absolute Gasteiger partial charge is 0.355 e. The standard InChI is InChI=1S/C20H24F3N5O2S/c21-20(22,23)16-4-6-17(7-5-16)31(29,30)28-14-12-27(13-15-28)19-9-8-18(24-25-19)26-10-2-1-3-11-26/h4-9H,1-3,10-15H2. The van der Waals surface area contributed by atoms with Crippen molar-refractivity contribution in [3.05, 3.63) is 42.0 Å². The van der Waals surface area contributed by atoms with Gasteiger partial charge in [0.25, 0.3) is 0 Å². The van der Waals surface area contributed by atoms with Crippen LogP contribution >= 0.6 is 0 Å². The molecule has 0 aliphatic carbocycles. The second kappa shape index (κ2) is 8.62. The zero-order valence-corrected chi connectivity index (χ0v) is 17.7. The molecule has 0 bridgehead atoms. The van der Waals surface area contributed by atoms with Crippen molar-refractivity contribution in [2.24, 2.45) is 0 Å². The molecule has 1 aromatic heterocycles. The molecule has 31 heavy (non-hydrogen) atoms. The van der Waals surface area contributed by atoms with Crippen molar-refractivity contribution < 1.29 is 21.6 Å². The first-order valence-electron chi connectivity index (χ1n) is 10.3. The van der Waals surface area contributed by atoms with Gasteiger partial charge in [0, 0.05) is 39.3 Å². The lowest BCUT2D eigenvalue weighted by Crippen LogP contribution is -2.49. The molecule has 0 unspecified atom stereocenters. The number of hydrogen-bond acceptors (Lipinski definition) is 6. The molecule has 2 saturated heterocycles. The number of anilines is 2. The van der Waals surface area contributed by atoms with Crippen LogP contribution in [-0.4, -0.2) is 62.2 Å². The molecular weight excluding hydrogens is 431 g/mol. The summed E-state index contributed by atoms with van der Waals surface area (Å²) in [5, 5.41) is 8.65. The quantitative estimate of drug-likeness (QED) is 0.706. The number of rotatable bonds is 4. The number of alkyl halides is 3. The average Bonchev–Trinajstić information content (AvgIpc) is 2.79. The highest BCUT2D eigenvalue weighted by molar-refractivity contribution is 7.89. The minimum Gasteiger partial charge on any atom is -0.355 e. The Morgan fingerprint density at radius 2 is 1.23 bits per heavy atom. The second-order valence-electron chi connectivity index (χ2n) is 7.71. The number of sulfonamides is 1. The summed E-state index contributed by atoms with van der Waals surface area (Å²) in [6, 6.07) is 7.45. The first-order valence-corrected chi connectivity index (χ1v) is 11.7. The van der Waals surface area contributed by atoms with Crippen LogP contribution in [0.3, 0.4) is 0 Å². The van der Waals surface area contributed by atoms with Crippen LogP contribution in [0.15, 0.2) is 41.3 Å². The summed E-state index contributed by atoms with van der Waals surface area (Å²) in [6.45, 7) is 3.26. The van der Waals surface area contributed by atoms with Gasteiger partial charge in [0.1, 0.15) is 0 Å². The zero-order chi connectivity index (χ0) is 22.1. The number of aromatic nitrogens is 2. The maximum Gasteiger partial charge on any atom is 0.416 e. The topological polar surface area (TPSA) is 69.6 Å². The van der Waals surface area contributed by atoms with Crippen LogP contribution in [0, 0.1) is 0 Å². The van der Waals surface area contributed by atoms with Gasteiger partial charge in [0.15, 0.2) is 11.6 Å². The van der Waals surface area contributed by atoms with Crippen molar-refractivity contribution in [2.75, 3.05) is 49.1 Å². The highest BCUT2D eigenvalue weighted by Crippen LogP contribution is 2.30. The lowest BCUT2D eigenvalue weighted by Gasteiger charge is -2.34. The van der Waals surface area contributed by atoms with Crippen LogP contribution in [0.1, 0.15) is 24.8 Å². The van der Waals surface area contributed by atoms with Crippen LogP contribution in [0.25, 0.3) is 0 Å². The number of hydrogen-bond donors (Lipinski definition) is 0. The molecule has 0 atom stereocenters. The van der Waals surface area contributed by atoms with Gasteiger partial charge in [-0.05, 0) is 55.7 Å². The van der Waals surface area contributed by atoms with Crippen molar-refractivity contribution in [3.8, 4) is 0 Å². The van der Waals surface area contributed by atoms with E-state index >= 15 is 0 Å². The van der Waals surface area contributed by atoms with E-state index in [1.165, 1.54) is 10.7 Å².